The summed E-state index contributed by atoms with van der Waals surface area (Å²) >= 11 is 3.12. The van der Waals surface area contributed by atoms with Gasteiger partial charge in [0.15, 0.2) is 5.82 Å². The molecule has 0 radical (unpaired) electrons. The molecule has 1 fully saturated rings. The first-order valence-electron chi connectivity index (χ1n) is 9.34. The molecule has 4 heterocycles. The van der Waals surface area contributed by atoms with Gasteiger partial charge >= 0.3 is 0 Å². The van der Waals surface area contributed by atoms with Gasteiger partial charge in [0.25, 0.3) is 5.91 Å². The number of pyridine rings is 1. The SMILES string of the molecule is CC1CCC(Sc2cc(C#N)ccn2)CN1C(=O)c1ccsc1-c1ncccn1. The Bertz CT molecular complexity index is 1050. The normalized spacial score (nSPS) is 19.0. The Morgan fingerprint density at radius 3 is 2.86 bits per heavy atom. The molecule has 3 aromatic heterocycles. The van der Waals surface area contributed by atoms with E-state index in [0.29, 0.717) is 23.5 Å². The zero-order chi connectivity index (χ0) is 20.2. The smallest absolute Gasteiger partial charge is 0.255 e. The first-order valence-corrected chi connectivity index (χ1v) is 11.1. The number of thiophene rings is 1. The number of nitrogens with zero attached hydrogens (tertiary/aromatic N) is 5. The Labute approximate surface area is 177 Å². The third-order valence-electron chi connectivity index (χ3n) is 4.92. The van der Waals surface area contributed by atoms with Crippen LogP contribution in [0.15, 0.2) is 53.3 Å². The van der Waals surface area contributed by atoms with Gasteiger partial charge in [-0.3, -0.25) is 4.79 Å². The summed E-state index contributed by atoms with van der Waals surface area (Å²) in [5.74, 6) is 0.601. The fourth-order valence-electron chi connectivity index (χ4n) is 3.39. The van der Waals surface area contributed by atoms with Gasteiger partial charge in [0.05, 0.1) is 27.1 Å². The number of rotatable bonds is 4. The standard InChI is InChI=1S/C21H19N5OS2/c1-14-3-4-16(29-18-11-15(12-22)5-9-23-18)13-26(14)21(27)17-6-10-28-19(17)20-24-7-2-8-25-20/h2,5-11,14,16H,3-4,13H2,1H3. The van der Waals surface area contributed by atoms with Crippen LogP contribution in [0.4, 0.5) is 0 Å². The van der Waals surface area contributed by atoms with Gasteiger partial charge in [-0.1, -0.05) is 0 Å². The van der Waals surface area contributed by atoms with Gasteiger partial charge in [-0.05, 0) is 49.4 Å². The van der Waals surface area contributed by atoms with E-state index in [2.05, 4.69) is 27.9 Å². The number of thioether (sulfide) groups is 1. The molecule has 1 saturated heterocycles. The fourth-order valence-corrected chi connectivity index (χ4v) is 5.37. The molecular weight excluding hydrogens is 402 g/mol. The Morgan fingerprint density at radius 1 is 1.24 bits per heavy atom. The average Bonchev–Trinajstić information content (AvgIpc) is 3.25. The summed E-state index contributed by atoms with van der Waals surface area (Å²) in [7, 11) is 0. The Kier molecular flexibility index (Phi) is 5.88. The molecule has 29 heavy (non-hydrogen) atoms. The first kappa shape index (κ1) is 19.6. The lowest BCUT2D eigenvalue weighted by atomic mass is 10.0. The van der Waals surface area contributed by atoms with Gasteiger partial charge < -0.3 is 4.90 Å². The van der Waals surface area contributed by atoms with Crippen LogP contribution in [-0.4, -0.2) is 43.6 Å². The molecule has 6 nitrogen and oxygen atoms in total. The molecular formula is C21H19N5OS2. The molecule has 1 aliphatic rings. The predicted molar refractivity (Wildman–Crippen MR) is 114 cm³/mol. The molecule has 0 saturated carbocycles. The van der Waals surface area contributed by atoms with Crippen LogP contribution in [0.5, 0.6) is 0 Å². The Balaban J connectivity index is 1.53. The van der Waals surface area contributed by atoms with Gasteiger partial charge in [0.2, 0.25) is 0 Å². The van der Waals surface area contributed by atoms with E-state index in [1.54, 1.807) is 48.6 Å². The van der Waals surface area contributed by atoms with Crippen molar-refractivity contribution in [3.05, 3.63) is 59.4 Å². The maximum absolute atomic E-state index is 13.4. The molecule has 0 bridgehead atoms. The minimum Gasteiger partial charge on any atom is -0.335 e. The molecule has 2 unspecified atom stereocenters. The second-order valence-corrected chi connectivity index (χ2v) is 9.09. The number of hydrogen-bond acceptors (Lipinski definition) is 7. The molecule has 3 aromatic rings. The first-order chi connectivity index (χ1) is 14.2. The number of carbonyl (C=O) groups is 1. The van der Waals surface area contributed by atoms with Crippen LogP contribution < -0.4 is 0 Å². The summed E-state index contributed by atoms with van der Waals surface area (Å²) in [6.45, 7) is 2.74. The van der Waals surface area contributed by atoms with Gasteiger partial charge in [0, 0.05) is 36.4 Å². The maximum atomic E-state index is 13.4. The van der Waals surface area contributed by atoms with Crippen molar-refractivity contribution >= 4 is 29.0 Å². The number of nitriles is 1. The van der Waals surface area contributed by atoms with Crippen LogP contribution in [0.1, 0.15) is 35.7 Å². The summed E-state index contributed by atoms with van der Waals surface area (Å²) in [6, 6.07) is 9.45. The molecule has 0 spiro atoms. The van der Waals surface area contributed by atoms with E-state index in [-0.39, 0.29) is 17.2 Å². The number of likely N-dealkylation sites (tertiary alicyclic amines) is 1. The Hall–Kier alpha value is -2.76. The van der Waals surface area contributed by atoms with Crippen molar-refractivity contribution in [2.75, 3.05) is 6.54 Å². The number of amides is 1. The van der Waals surface area contributed by atoms with Crippen molar-refractivity contribution in [2.24, 2.45) is 0 Å². The summed E-state index contributed by atoms with van der Waals surface area (Å²) < 4.78 is 0. The molecule has 1 aliphatic heterocycles. The molecule has 8 heteroatoms. The van der Waals surface area contributed by atoms with Crippen molar-refractivity contribution < 1.29 is 4.79 Å². The minimum atomic E-state index is 0.0187. The second-order valence-electron chi connectivity index (χ2n) is 6.85. The highest BCUT2D eigenvalue weighted by Gasteiger charge is 2.32. The highest BCUT2D eigenvalue weighted by molar-refractivity contribution is 7.99. The second kappa shape index (κ2) is 8.72. The van der Waals surface area contributed by atoms with Gasteiger partial charge in [-0.25, -0.2) is 15.0 Å². The zero-order valence-corrected chi connectivity index (χ0v) is 17.5. The Morgan fingerprint density at radius 2 is 2.07 bits per heavy atom. The summed E-state index contributed by atoms with van der Waals surface area (Å²) in [5, 5.41) is 12.1. The highest BCUT2D eigenvalue weighted by atomic mass is 32.2. The maximum Gasteiger partial charge on any atom is 0.255 e. The highest BCUT2D eigenvalue weighted by Crippen LogP contribution is 2.34. The van der Waals surface area contributed by atoms with Crippen LogP contribution in [0.2, 0.25) is 0 Å². The van der Waals surface area contributed by atoms with Crippen molar-refractivity contribution in [3.8, 4) is 16.8 Å². The van der Waals surface area contributed by atoms with Crippen molar-refractivity contribution in [3.63, 3.8) is 0 Å². The van der Waals surface area contributed by atoms with Crippen LogP contribution >= 0.6 is 23.1 Å². The van der Waals surface area contributed by atoms with Crippen LogP contribution in [0, 0.1) is 11.3 Å². The van der Waals surface area contributed by atoms with E-state index in [4.69, 9.17) is 5.26 Å². The van der Waals surface area contributed by atoms with Crippen molar-refractivity contribution in [1.29, 1.82) is 5.26 Å². The van der Waals surface area contributed by atoms with Gasteiger partial charge in [0.1, 0.15) is 0 Å². The topological polar surface area (TPSA) is 82.8 Å². The lowest BCUT2D eigenvalue weighted by molar-refractivity contribution is 0.0643. The van der Waals surface area contributed by atoms with Crippen molar-refractivity contribution in [2.45, 2.75) is 36.1 Å². The quantitative estimate of drug-likeness (QED) is 0.626. The monoisotopic (exact) mass is 421 g/mol. The third kappa shape index (κ3) is 4.31. The lowest BCUT2D eigenvalue weighted by Crippen LogP contribution is -2.46. The van der Waals surface area contributed by atoms with Crippen molar-refractivity contribution in [1.82, 2.24) is 19.9 Å². The van der Waals surface area contributed by atoms with E-state index in [1.807, 2.05) is 16.3 Å². The van der Waals surface area contributed by atoms with Crippen LogP contribution in [-0.2, 0) is 0 Å². The summed E-state index contributed by atoms with van der Waals surface area (Å²) in [5.41, 5.74) is 1.26. The van der Waals surface area contributed by atoms with E-state index in [1.165, 1.54) is 11.3 Å². The fraction of sp³-hybridized carbons (Fsp3) is 0.286. The molecule has 0 N–H and O–H groups in total. The third-order valence-corrected chi connectivity index (χ3v) is 7.01. The summed E-state index contributed by atoms with van der Waals surface area (Å²) in [6.07, 6.45) is 6.98. The molecule has 146 valence electrons. The van der Waals surface area contributed by atoms with Gasteiger partial charge in [-0.2, -0.15) is 5.26 Å². The molecule has 2 atom stereocenters. The molecule has 0 aliphatic carbocycles. The molecule has 0 aromatic carbocycles. The number of piperidine rings is 1. The lowest BCUT2D eigenvalue weighted by Gasteiger charge is -2.37. The average molecular weight is 422 g/mol. The number of hydrogen-bond donors (Lipinski definition) is 0. The molecule has 1 amide bonds. The van der Waals surface area contributed by atoms with E-state index < -0.39 is 0 Å². The number of carbonyl (C=O) groups excluding carboxylic acids is 1. The minimum absolute atomic E-state index is 0.0187. The number of aromatic nitrogens is 3. The predicted octanol–water partition coefficient (Wildman–Crippen LogP) is 4.26. The van der Waals surface area contributed by atoms with Gasteiger partial charge in [-0.15, -0.1) is 23.1 Å². The zero-order valence-electron chi connectivity index (χ0n) is 15.9. The molecule has 4 rings (SSSR count). The van der Waals surface area contributed by atoms with E-state index in [9.17, 15) is 4.79 Å². The van der Waals surface area contributed by atoms with Crippen LogP contribution in [0.3, 0.4) is 0 Å². The van der Waals surface area contributed by atoms with E-state index in [0.717, 1.165) is 22.7 Å². The van der Waals surface area contributed by atoms with E-state index >= 15 is 0 Å². The van der Waals surface area contributed by atoms with Crippen LogP contribution in [0.25, 0.3) is 10.7 Å². The summed E-state index contributed by atoms with van der Waals surface area (Å²) in [4.78, 5) is 29.1. The largest absolute Gasteiger partial charge is 0.335 e.